The first-order valence-electron chi connectivity index (χ1n) is 11.5. The molecule has 1 aliphatic carbocycles. The summed E-state index contributed by atoms with van der Waals surface area (Å²) in [5.41, 5.74) is 0.844. The van der Waals surface area contributed by atoms with Gasteiger partial charge in [-0.25, -0.2) is 22.1 Å². The summed E-state index contributed by atoms with van der Waals surface area (Å²) in [5, 5.41) is 5.13. The molecule has 0 N–H and O–H groups in total. The molecule has 3 nitrogen and oxygen atoms in total. The zero-order chi connectivity index (χ0) is 24.6. The molecule has 176 valence electrons. The van der Waals surface area contributed by atoms with Crippen LogP contribution >= 0.6 is 0 Å². The Balaban J connectivity index is 1.46. The number of rotatable bonds is 2. The van der Waals surface area contributed by atoms with Crippen molar-refractivity contribution in [3.63, 3.8) is 0 Å². The van der Waals surface area contributed by atoms with Gasteiger partial charge in [0.05, 0.1) is 28.8 Å². The van der Waals surface area contributed by atoms with Gasteiger partial charge in [-0.15, -0.1) is 0 Å². The van der Waals surface area contributed by atoms with Crippen LogP contribution in [-0.4, -0.2) is 15.7 Å². The summed E-state index contributed by atoms with van der Waals surface area (Å²) in [6.45, 7) is 0. The predicted octanol–water partition coefficient (Wildman–Crippen LogP) is 7.44. The number of halogens is 4. The molecule has 2 aliphatic rings. The van der Waals surface area contributed by atoms with Crippen LogP contribution in [0.4, 0.5) is 28.9 Å². The Hall–Kier alpha value is -4.39. The van der Waals surface area contributed by atoms with Crippen LogP contribution in [0.25, 0.3) is 27.5 Å². The average Bonchev–Trinajstić information content (AvgIpc) is 3.48. The lowest BCUT2D eigenvalue weighted by atomic mass is 9.91. The lowest BCUT2D eigenvalue weighted by Gasteiger charge is -2.29. The Bertz CT molecular complexity index is 1740. The normalized spacial score (nSPS) is 18.3. The minimum absolute atomic E-state index is 0.0275. The molecule has 0 radical (unpaired) electrons. The minimum atomic E-state index is -1.46. The second-order valence-corrected chi connectivity index (χ2v) is 8.94. The molecule has 0 fully saturated rings. The van der Waals surface area contributed by atoms with Crippen molar-refractivity contribution < 1.29 is 17.6 Å². The van der Waals surface area contributed by atoms with Gasteiger partial charge < -0.3 is 4.90 Å². The number of anilines is 2. The summed E-state index contributed by atoms with van der Waals surface area (Å²) in [6, 6.07) is 17.4. The minimum Gasteiger partial charge on any atom is -0.328 e. The molecule has 3 heterocycles. The summed E-state index contributed by atoms with van der Waals surface area (Å²) in [7, 11) is 0. The summed E-state index contributed by atoms with van der Waals surface area (Å²) in [5.74, 6) is -5.99. The van der Waals surface area contributed by atoms with E-state index >= 15 is 17.6 Å². The lowest BCUT2D eigenvalue weighted by molar-refractivity contribution is 0.457. The highest BCUT2D eigenvalue weighted by molar-refractivity contribution is 5.89. The van der Waals surface area contributed by atoms with E-state index in [0.717, 1.165) is 10.9 Å². The van der Waals surface area contributed by atoms with Gasteiger partial charge in [-0.05, 0) is 23.8 Å². The standard InChI is InChI=1S/C29H17F4N3/c30-25-24(19-15-34-36-20-10-4-1-7-16(20)13-14-23(19)36)26(31)28(33)29(27(25)32)35-21-11-5-2-8-17(21)18-9-3-6-12-22(18)35/h1-15,17,21H. The van der Waals surface area contributed by atoms with E-state index in [1.807, 2.05) is 48.6 Å². The van der Waals surface area contributed by atoms with Gasteiger partial charge in [0.1, 0.15) is 5.69 Å². The summed E-state index contributed by atoms with van der Waals surface area (Å²) in [4.78, 5) is 1.35. The molecular formula is C29H17F4N3. The monoisotopic (exact) mass is 483 g/mol. The van der Waals surface area contributed by atoms with Crippen molar-refractivity contribution in [3.8, 4) is 11.1 Å². The van der Waals surface area contributed by atoms with Crippen LogP contribution in [0.1, 0.15) is 11.5 Å². The molecule has 2 aromatic heterocycles. The zero-order valence-corrected chi connectivity index (χ0v) is 18.7. The highest BCUT2D eigenvalue weighted by Crippen LogP contribution is 2.50. The number of aromatic nitrogens is 2. The Morgan fingerprint density at radius 2 is 1.42 bits per heavy atom. The van der Waals surface area contributed by atoms with Gasteiger partial charge >= 0.3 is 0 Å². The van der Waals surface area contributed by atoms with Gasteiger partial charge in [0.15, 0.2) is 23.3 Å². The third-order valence-electron chi connectivity index (χ3n) is 7.10. The number of benzene rings is 3. The Morgan fingerprint density at radius 3 is 2.25 bits per heavy atom. The summed E-state index contributed by atoms with van der Waals surface area (Å²) in [6.07, 6.45) is 8.55. The van der Waals surface area contributed by atoms with E-state index in [-0.39, 0.29) is 11.5 Å². The van der Waals surface area contributed by atoms with Crippen LogP contribution < -0.4 is 4.90 Å². The number of fused-ring (bicyclic) bond motifs is 6. The maximum absolute atomic E-state index is 15.8. The predicted molar refractivity (Wildman–Crippen MR) is 131 cm³/mol. The van der Waals surface area contributed by atoms with Gasteiger partial charge in [-0.3, -0.25) is 0 Å². The van der Waals surface area contributed by atoms with Crippen LogP contribution in [0.5, 0.6) is 0 Å². The van der Waals surface area contributed by atoms with Crippen LogP contribution in [0.3, 0.4) is 0 Å². The van der Waals surface area contributed by atoms with E-state index in [4.69, 9.17) is 0 Å². The van der Waals surface area contributed by atoms with E-state index in [2.05, 4.69) is 5.10 Å². The lowest BCUT2D eigenvalue weighted by Crippen LogP contribution is -2.30. The van der Waals surface area contributed by atoms with Gasteiger partial charge in [0.2, 0.25) is 0 Å². The number of hydrogen-bond acceptors (Lipinski definition) is 2. The highest BCUT2D eigenvalue weighted by atomic mass is 19.2. The van der Waals surface area contributed by atoms with Crippen LogP contribution in [0.2, 0.25) is 0 Å². The quantitative estimate of drug-likeness (QED) is 0.192. The third-order valence-corrected chi connectivity index (χ3v) is 7.10. The first-order valence-corrected chi connectivity index (χ1v) is 11.5. The van der Waals surface area contributed by atoms with E-state index in [0.29, 0.717) is 16.7 Å². The molecular weight excluding hydrogens is 466 g/mol. The molecule has 3 aromatic carbocycles. The van der Waals surface area contributed by atoms with Crippen LogP contribution in [0, 0.1) is 23.3 Å². The maximum Gasteiger partial charge on any atom is 0.186 e. The molecule has 0 saturated heterocycles. The van der Waals surface area contributed by atoms with Gasteiger partial charge in [0, 0.05) is 22.6 Å². The van der Waals surface area contributed by atoms with Crippen molar-refractivity contribution in [1.82, 2.24) is 9.61 Å². The number of allylic oxidation sites excluding steroid dienone is 2. The first kappa shape index (κ1) is 20.9. The fourth-order valence-electron chi connectivity index (χ4n) is 5.51. The van der Waals surface area contributed by atoms with Gasteiger partial charge in [0.25, 0.3) is 0 Å². The maximum atomic E-state index is 15.8. The van der Waals surface area contributed by atoms with Crippen molar-refractivity contribution in [2.75, 3.05) is 4.90 Å². The molecule has 0 spiro atoms. The molecule has 5 aromatic rings. The second kappa shape index (κ2) is 7.55. The molecule has 0 bridgehead atoms. The average molecular weight is 483 g/mol. The summed E-state index contributed by atoms with van der Waals surface area (Å²) >= 11 is 0. The van der Waals surface area contributed by atoms with Gasteiger partial charge in [-0.1, -0.05) is 66.8 Å². The SMILES string of the molecule is Fc1c(F)c(N2c3ccccc3C3C=CC=CC32)c(F)c(F)c1-c1cnn2c1ccc1ccccc12. The van der Waals surface area contributed by atoms with E-state index < -0.39 is 40.6 Å². The summed E-state index contributed by atoms with van der Waals surface area (Å²) < 4.78 is 64.4. The number of pyridine rings is 1. The fraction of sp³-hybridized carbons (Fsp3) is 0.0690. The topological polar surface area (TPSA) is 20.5 Å². The van der Waals surface area contributed by atoms with Crippen molar-refractivity contribution in [2.24, 2.45) is 0 Å². The van der Waals surface area contributed by atoms with E-state index in [1.165, 1.54) is 15.6 Å². The highest BCUT2D eigenvalue weighted by Gasteiger charge is 2.41. The Kier molecular flexibility index (Phi) is 4.39. The molecule has 7 heteroatoms. The zero-order valence-electron chi connectivity index (χ0n) is 18.7. The largest absolute Gasteiger partial charge is 0.328 e. The van der Waals surface area contributed by atoms with E-state index in [9.17, 15) is 0 Å². The third kappa shape index (κ3) is 2.71. The van der Waals surface area contributed by atoms with Crippen molar-refractivity contribution >= 4 is 27.8 Å². The molecule has 0 saturated carbocycles. The molecule has 2 atom stereocenters. The van der Waals surface area contributed by atoms with Crippen molar-refractivity contribution in [2.45, 2.75) is 12.0 Å². The molecule has 0 amide bonds. The molecule has 1 aliphatic heterocycles. The van der Waals surface area contributed by atoms with Crippen LogP contribution in [-0.2, 0) is 0 Å². The first-order chi connectivity index (χ1) is 17.6. The number of nitrogens with zero attached hydrogens (tertiary/aromatic N) is 3. The van der Waals surface area contributed by atoms with E-state index in [1.54, 1.807) is 36.4 Å². The molecule has 36 heavy (non-hydrogen) atoms. The number of para-hydroxylation sites is 2. The number of hydrogen-bond donors (Lipinski definition) is 0. The molecule has 7 rings (SSSR count). The van der Waals surface area contributed by atoms with Crippen LogP contribution in [0.15, 0.2) is 91.2 Å². The second-order valence-electron chi connectivity index (χ2n) is 8.94. The van der Waals surface area contributed by atoms with Crippen molar-refractivity contribution in [1.29, 1.82) is 0 Å². The van der Waals surface area contributed by atoms with Crippen molar-refractivity contribution in [3.05, 3.63) is 120 Å². The van der Waals surface area contributed by atoms with Gasteiger partial charge in [-0.2, -0.15) is 5.10 Å². The smallest absolute Gasteiger partial charge is 0.186 e. The fourth-order valence-corrected chi connectivity index (χ4v) is 5.51. The Morgan fingerprint density at radius 1 is 0.694 bits per heavy atom. The Labute approximate surface area is 203 Å². The molecule has 2 unspecified atom stereocenters.